The van der Waals surface area contributed by atoms with Crippen LogP contribution >= 0.6 is 0 Å². The van der Waals surface area contributed by atoms with Crippen LogP contribution in [0.5, 0.6) is 0 Å². The molecule has 0 saturated carbocycles. The maximum atomic E-state index is 10.7. The molecule has 0 aliphatic heterocycles. The number of carbonyl (C=O) groups is 1. The molecule has 3 heteroatoms. The summed E-state index contributed by atoms with van der Waals surface area (Å²) < 4.78 is 0. The van der Waals surface area contributed by atoms with Gasteiger partial charge in [0.05, 0.1) is 11.3 Å². The molecule has 19 heavy (non-hydrogen) atoms. The zero-order chi connectivity index (χ0) is 13.5. The minimum Gasteiger partial charge on any atom is -0.478 e. The molecule has 0 unspecified atom stereocenters. The van der Waals surface area contributed by atoms with Crippen molar-refractivity contribution in [3.05, 3.63) is 71.8 Å². The lowest BCUT2D eigenvalue weighted by atomic mass is 10.1. The Hall–Kier alpha value is -2.68. The molecule has 2 aromatic carbocycles. The van der Waals surface area contributed by atoms with E-state index in [1.54, 1.807) is 30.5 Å². The number of allylic oxidation sites excluding steroid dienone is 1. The number of aliphatic imine (C=N–C) groups is 1. The minimum absolute atomic E-state index is 0.287. The molecule has 3 nitrogen and oxygen atoms in total. The second kappa shape index (κ2) is 6.31. The molecule has 0 heterocycles. The molecule has 0 aliphatic rings. The normalized spacial score (nSPS) is 11.2. The Morgan fingerprint density at radius 1 is 1.00 bits per heavy atom. The van der Waals surface area contributed by atoms with Crippen molar-refractivity contribution in [1.29, 1.82) is 0 Å². The number of para-hydroxylation sites is 1. The van der Waals surface area contributed by atoms with Crippen molar-refractivity contribution in [2.45, 2.75) is 0 Å². The quantitative estimate of drug-likeness (QED) is 0.840. The fraction of sp³-hybridized carbons (Fsp3) is 0. The summed E-state index contributed by atoms with van der Waals surface area (Å²) in [6.07, 6.45) is 5.40. The van der Waals surface area contributed by atoms with Gasteiger partial charge in [0.25, 0.3) is 0 Å². The summed E-state index contributed by atoms with van der Waals surface area (Å²) in [4.78, 5) is 15.0. The monoisotopic (exact) mass is 251 g/mol. The van der Waals surface area contributed by atoms with Crippen LogP contribution in [0.1, 0.15) is 15.9 Å². The van der Waals surface area contributed by atoms with Crippen LogP contribution in [-0.2, 0) is 0 Å². The van der Waals surface area contributed by atoms with Crippen molar-refractivity contribution in [1.82, 2.24) is 0 Å². The Balaban J connectivity index is 1.99. The largest absolute Gasteiger partial charge is 0.478 e. The van der Waals surface area contributed by atoms with Gasteiger partial charge in [0.2, 0.25) is 0 Å². The number of carboxylic acid groups (broad SMARTS) is 1. The SMILES string of the molecule is O=C(O)c1ccc(/C=C/C=Nc2ccccc2)cc1. The second-order valence-corrected chi connectivity index (χ2v) is 3.90. The maximum absolute atomic E-state index is 10.7. The van der Waals surface area contributed by atoms with Crippen LogP contribution in [-0.4, -0.2) is 17.3 Å². The van der Waals surface area contributed by atoms with Gasteiger partial charge in [-0.15, -0.1) is 0 Å². The van der Waals surface area contributed by atoms with Crippen molar-refractivity contribution in [3.8, 4) is 0 Å². The molecule has 0 atom stereocenters. The average Bonchev–Trinajstić information content (AvgIpc) is 2.45. The van der Waals surface area contributed by atoms with Crippen molar-refractivity contribution in [2.75, 3.05) is 0 Å². The molecule has 0 amide bonds. The molecule has 0 bridgehead atoms. The van der Waals surface area contributed by atoms with Crippen LogP contribution in [0.2, 0.25) is 0 Å². The highest BCUT2D eigenvalue weighted by Gasteiger charge is 1.99. The smallest absolute Gasteiger partial charge is 0.335 e. The number of benzene rings is 2. The van der Waals surface area contributed by atoms with Gasteiger partial charge >= 0.3 is 5.97 Å². The predicted molar refractivity (Wildman–Crippen MR) is 77.0 cm³/mol. The van der Waals surface area contributed by atoms with E-state index in [0.717, 1.165) is 11.3 Å². The highest BCUT2D eigenvalue weighted by Crippen LogP contribution is 2.09. The van der Waals surface area contributed by atoms with Crippen LogP contribution in [0, 0.1) is 0 Å². The van der Waals surface area contributed by atoms with Gasteiger partial charge in [0.15, 0.2) is 0 Å². The minimum atomic E-state index is -0.916. The molecule has 0 saturated heterocycles. The second-order valence-electron chi connectivity index (χ2n) is 3.90. The average molecular weight is 251 g/mol. The summed E-state index contributed by atoms with van der Waals surface area (Å²) in [6, 6.07) is 16.3. The molecule has 2 aromatic rings. The van der Waals surface area contributed by atoms with E-state index in [1.165, 1.54) is 0 Å². The number of nitrogens with zero attached hydrogens (tertiary/aromatic N) is 1. The summed E-state index contributed by atoms with van der Waals surface area (Å²) in [5, 5.41) is 8.78. The van der Waals surface area contributed by atoms with Crippen molar-refractivity contribution in [2.24, 2.45) is 4.99 Å². The maximum Gasteiger partial charge on any atom is 0.335 e. The third-order valence-electron chi connectivity index (χ3n) is 2.51. The highest BCUT2D eigenvalue weighted by molar-refractivity contribution is 5.88. The molecule has 0 aliphatic carbocycles. The van der Waals surface area contributed by atoms with Gasteiger partial charge in [0.1, 0.15) is 0 Å². The van der Waals surface area contributed by atoms with Gasteiger partial charge in [-0.25, -0.2) is 4.79 Å². The number of rotatable bonds is 4. The summed E-state index contributed by atoms with van der Waals surface area (Å²) in [6.45, 7) is 0. The molecule has 0 fully saturated rings. The van der Waals surface area contributed by atoms with Crippen molar-refractivity contribution >= 4 is 23.9 Å². The molecular weight excluding hydrogens is 238 g/mol. The first kappa shape index (κ1) is 12.8. The standard InChI is InChI=1S/C16H13NO2/c18-16(19)14-10-8-13(9-11-14)5-4-12-17-15-6-2-1-3-7-15/h1-12H,(H,18,19)/b5-4+,17-12?. The molecule has 0 spiro atoms. The Morgan fingerprint density at radius 2 is 1.68 bits per heavy atom. The van der Waals surface area contributed by atoms with E-state index in [9.17, 15) is 4.79 Å². The number of carboxylic acids is 1. The topological polar surface area (TPSA) is 49.7 Å². The van der Waals surface area contributed by atoms with E-state index in [0.29, 0.717) is 0 Å². The van der Waals surface area contributed by atoms with E-state index in [2.05, 4.69) is 4.99 Å². The van der Waals surface area contributed by atoms with Gasteiger partial charge in [-0.1, -0.05) is 36.4 Å². The first-order chi connectivity index (χ1) is 9.25. The zero-order valence-corrected chi connectivity index (χ0v) is 10.2. The number of hydrogen-bond acceptors (Lipinski definition) is 2. The Morgan fingerprint density at radius 3 is 2.32 bits per heavy atom. The molecule has 0 aromatic heterocycles. The van der Waals surface area contributed by atoms with Gasteiger partial charge in [0, 0.05) is 6.21 Å². The fourth-order valence-corrected chi connectivity index (χ4v) is 1.53. The predicted octanol–water partition coefficient (Wildman–Crippen LogP) is 3.80. The number of aromatic carboxylic acids is 1. The van der Waals surface area contributed by atoms with Crippen LogP contribution in [0.3, 0.4) is 0 Å². The number of hydrogen-bond donors (Lipinski definition) is 1. The first-order valence-electron chi connectivity index (χ1n) is 5.85. The lowest BCUT2D eigenvalue weighted by Gasteiger charge is -1.95. The third-order valence-corrected chi connectivity index (χ3v) is 2.51. The van der Waals surface area contributed by atoms with Gasteiger partial charge in [-0.05, 0) is 35.9 Å². The van der Waals surface area contributed by atoms with Crippen LogP contribution in [0.25, 0.3) is 6.08 Å². The zero-order valence-electron chi connectivity index (χ0n) is 10.2. The van der Waals surface area contributed by atoms with Gasteiger partial charge < -0.3 is 5.11 Å². The lowest BCUT2D eigenvalue weighted by molar-refractivity contribution is 0.0697. The highest BCUT2D eigenvalue weighted by atomic mass is 16.4. The Kier molecular flexibility index (Phi) is 4.24. The Labute approximate surface area is 111 Å². The summed E-state index contributed by atoms with van der Waals surface area (Å²) in [5.41, 5.74) is 2.12. The van der Waals surface area contributed by atoms with Gasteiger partial charge in [-0.3, -0.25) is 4.99 Å². The van der Waals surface area contributed by atoms with Crippen molar-refractivity contribution < 1.29 is 9.90 Å². The van der Waals surface area contributed by atoms with E-state index in [4.69, 9.17) is 5.11 Å². The van der Waals surface area contributed by atoms with Crippen LogP contribution < -0.4 is 0 Å². The fourth-order valence-electron chi connectivity index (χ4n) is 1.53. The summed E-state index contributed by atoms with van der Waals surface area (Å²) in [7, 11) is 0. The van der Waals surface area contributed by atoms with E-state index < -0.39 is 5.97 Å². The molecular formula is C16H13NO2. The molecule has 94 valence electrons. The van der Waals surface area contributed by atoms with Crippen LogP contribution in [0.4, 0.5) is 5.69 Å². The molecule has 0 radical (unpaired) electrons. The summed E-state index contributed by atoms with van der Waals surface area (Å²) in [5.74, 6) is -0.916. The summed E-state index contributed by atoms with van der Waals surface area (Å²) >= 11 is 0. The van der Waals surface area contributed by atoms with E-state index >= 15 is 0 Å². The van der Waals surface area contributed by atoms with Crippen molar-refractivity contribution in [3.63, 3.8) is 0 Å². The molecule has 2 rings (SSSR count). The van der Waals surface area contributed by atoms with E-state index in [-0.39, 0.29) is 5.56 Å². The van der Waals surface area contributed by atoms with Gasteiger partial charge in [-0.2, -0.15) is 0 Å². The third kappa shape index (κ3) is 3.92. The van der Waals surface area contributed by atoms with Crippen LogP contribution in [0.15, 0.2) is 65.7 Å². The Bertz CT molecular complexity index is 598. The lowest BCUT2D eigenvalue weighted by Crippen LogP contribution is -1.94. The molecule has 1 N–H and O–H groups in total. The first-order valence-corrected chi connectivity index (χ1v) is 5.85. The van der Waals surface area contributed by atoms with E-state index in [1.807, 2.05) is 42.5 Å².